The number of rotatable bonds is 4. The Morgan fingerprint density at radius 2 is 1.71 bits per heavy atom. The van der Waals surface area contributed by atoms with Gasteiger partial charge in [0.1, 0.15) is 22.9 Å². The number of fused-ring (bicyclic) bond motifs is 2. The van der Waals surface area contributed by atoms with Gasteiger partial charge in [0.25, 0.3) is 5.91 Å². The number of halogens is 2. The maximum atomic E-state index is 13.4. The van der Waals surface area contributed by atoms with Crippen LogP contribution in [0.15, 0.2) is 36.4 Å². The maximum absolute atomic E-state index is 13.4. The zero-order valence-electron chi connectivity index (χ0n) is 31.8. The Labute approximate surface area is 318 Å². The number of alkyl halides is 1. The Morgan fingerprint density at radius 1 is 0.962 bits per heavy atom. The molecule has 11 heteroatoms. The molecule has 1 saturated carbocycles. The lowest BCUT2D eigenvalue weighted by molar-refractivity contribution is -0.224. The molecule has 7 rings (SSSR count). The lowest BCUT2D eigenvalue weighted by atomic mass is 9.65. The Morgan fingerprint density at radius 3 is 2.37 bits per heavy atom. The molecule has 4 heterocycles. The zero-order chi connectivity index (χ0) is 37.2. The Kier molecular flexibility index (Phi) is 15.7. The van der Waals surface area contributed by atoms with Crippen molar-refractivity contribution in [3.05, 3.63) is 58.1 Å². The first-order valence-electron chi connectivity index (χ1n) is 19.8. The van der Waals surface area contributed by atoms with Crippen molar-refractivity contribution < 1.29 is 27.6 Å². The molecule has 8 nitrogen and oxygen atoms in total. The standard InChI is InChI=1S/C36H49ClN2O5S.C3H6FN.C2H6/c1-4-7-25-18-29(37)12-14-30(25)28-21-39-20-27-10-13-31(27)32(36-42-16-6-17-43-36)9-5-8-23(2)24(3)45(41)38-35(40)26-11-15-34(44-22-28)33(39)19-26;4-3-1-5-2-3;1-2/h11-12,14-15,18-19,23-24,27-28,31-32,36H,4-10,13,16-17,20-22H2,1-3H3,(H,38,40);3,5H,1-2H2;1-2H3. The molecule has 1 aliphatic carbocycles. The molecule has 3 fully saturated rings. The number of anilines is 1. The van der Waals surface area contributed by atoms with Crippen LogP contribution < -0.4 is 19.7 Å². The van der Waals surface area contributed by atoms with E-state index in [0.29, 0.717) is 43.0 Å². The molecule has 2 aromatic rings. The fourth-order valence-electron chi connectivity index (χ4n) is 8.05. The van der Waals surface area contributed by atoms with E-state index in [1.807, 2.05) is 39.0 Å². The molecule has 0 radical (unpaired) electrons. The highest BCUT2D eigenvalue weighted by Crippen LogP contribution is 2.47. The molecule has 290 valence electrons. The molecule has 0 spiro atoms. The van der Waals surface area contributed by atoms with Gasteiger partial charge in [0.05, 0.1) is 30.8 Å². The van der Waals surface area contributed by atoms with Gasteiger partial charge in [-0.15, -0.1) is 0 Å². The average Bonchev–Trinajstić information content (AvgIpc) is 3.32. The van der Waals surface area contributed by atoms with Crippen molar-refractivity contribution in [2.45, 2.75) is 110 Å². The number of carbonyl (C=O) groups excluding carboxylic acids is 1. The molecule has 2 bridgehead atoms. The molecule has 7 atom stereocenters. The minimum absolute atomic E-state index is 0.147. The Hall–Kier alpha value is -2.24. The fourth-order valence-corrected chi connectivity index (χ4v) is 9.29. The quantitative estimate of drug-likeness (QED) is 0.325. The zero-order valence-corrected chi connectivity index (χ0v) is 33.4. The highest BCUT2D eigenvalue weighted by molar-refractivity contribution is 7.84. The molecular weight excluding hydrogens is 701 g/mol. The number of hydrogen-bond donors (Lipinski definition) is 2. The van der Waals surface area contributed by atoms with E-state index in [1.54, 1.807) is 6.07 Å². The summed E-state index contributed by atoms with van der Waals surface area (Å²) in [6.07, 6.45) is 7.59. The minimum Gasteiger partial charge on any atom is -0.491 e. The highest BCUT2D eigenvalue weighted by Gasteiger charge is 2.43. The third kappa shape index (κ3) is 10.3. The van der Waals surface area contributed by atoms with Gasteiger partial charge in [0.2, 0.25) is 0 Å². The summed E-state index contributed by atoms with van der Waals surface area (Å²) in [7, 11) is -1.49. The first-order valence-corrected chi connectivity index (χ1v) is 21.4. The van der Waals surface area contributed by atoms with Crippen LogP contribution in [0.3, 0.4) is 0 Å². The van der Waals surface area contributed by atoms with Crippen molar-refractivity contribution in [2.24, 2.45) is 23.7 Å². The van der Waals surface area contributed by atoms with Crippen molar-refractivity contribution in [1.29, 1.82) is 0 Å². The normalized spacial score (nSPS) is 29.9. The van der Waals surface area contributed by atoms with E-state index in [1.165, 1.54) is 24.0 Å². The van der Waals surface area contributed by atoms with Crippen molar-refractivity contribution in [1.82, 2.24) is 10.0 Å². The van der Waals surface area contributed by atoms with Gasteiger partial charge in [0, 0.05) is 48.6 Å². The lowest BCUT2D eigenvalue weighted by Gasteiger charge is -2.47. The number of benzene rings is 2. The number of aryl methyl sites for hydroxylation is 1. The first-order chi connectivity index (χ1) is 25.2. The first kappa shape index (κ1) is 40.9. The number of hydrogen-bond acceptors (Lipinski definition) is 7. The van der Waals surface area contributed by atoms with Crippen molar-refractivity contribution >= 4 is 34.2 Å². The molecule has 1 amide bonds. The third-order valence-electron chi connectivity index (χ3n) is 11.5. The predicted molar refractivity (Wildman–Crippen MR) is 210 cm³/mol. The van der Waals surface area contributed by atoms with Gasteiger partial charge in [-0.3, -0.25) is 9.52 Å². The van der Waals surface area contributed by atoms with Gasteiger partial charge in [-0.2, -0.15) is 0 Å². The molecule has 2 saturated heterocycles. The molecule has 52 heavy (non-hydrogen) atoms. The number of nitrogens with zero attached hydrogens (tertiary/aromatic N) is 1. The lowest BCUT2D eigenvalue weighted by Crippen LogP contribution is -2.47. The van der Waals surface area contributed by atoms with Gasteiger partial charge in [-0.05, 0) is 105 Å². The largest absolute Gasteiger partial charge is 0.491 e. The topological polar surface area (TPSA) is 89.1 Å². The summed E-state index contributed by atoms with van der Waals surface area (Å²) in [5.74, 6) is 2.17. The summed E-state index contributed by atoms with van der Waals surface area (Å²) in [5.41, 5.74) is 4.00. The van der Waals surface area contributed by atoms with Gasteiger partial charge in [0.15, 0.2) is 6.29 Å². The summed E-state index contributed by atoms with van der Waals surface area (Å²) in [6, 6.07) is 11.9. The molecule has 5 aliphatic rings. The summed E-state index contributed by atoms with van der Waals surface area (Å²) in [6.45, 7) is 15.2. The second-order valence-electron chi connectivity index (χ2n) is 14.9. The summed E-state index contributed by atoms with van der Waals surface area (Å²) < 4.78 is 46.6. The molecular formula is C41H61ClFN3O5S. The Balaban J connectivity index is 0.000000678. The van der Waals surface area contributed by atoms with Gasteiger partial charge in [-0.25, -0.2) is 8.60 Å². The second kappa shape index (κ2) is 19.9. The van der Waals surface area contributed by atoms with E-state index >= 15 is 0 Å². The number of ether oxygens (including phenoxy) is 3. The molecule has 0 aromatic heterocycles. The predicted octanol–water partition coefficient (Wildman–Crippen LogP) is 8.24. The molecule has 2 aromatic carbocycles. The summed E-state index contributed by atoms with van der Waals surface area (Å²) in [4.78, 5) is 15.9. The van der Waals surface area contributed by atoms with Crippen LogP contribution in [0.4, 0.5) is 10.1 Å². The van der Waals surface area contributed by atoms with E-state index in [2.05, 4.69) is 40.9 Å². The third-order valence-corrected chi connectivity index (χ3v) is 13.2. The van der Waals surface area contributed by atoms with Gasteiger partial charge in [-0.1, -0.05) is 58.2 Å². The smallest absolute Gasteiger partial charge is 0.263 e. The fraction of sp³-hybridized carbons (Fsp3) is 0.683. The molecule has 7 unspecified atom stereocenters. The van der Waals surface area contributed by atoms with E-state index in [-0.39, 0.29) is 29.3 Å². The highest BCUT2D eigenvalue weighted by atomic mass is 35.5. The van der Waals surface area contributed by atoms with E-state index < -0.39 is 17.2 Å². The van der Waals surface area contributed by atoms with Crippen molar-refractivity contribution in [3.63, 3.8) is 0 Å². The van der Waals surface area contributed by atoms with E-state index in [0.717, 1.165) is 81.3 Å². The average molecular weight is 762 g/mol. The second-order valence-corrected chi connectivity index (χ2v) is 16.9. The number of carbonyl (C=O) groups is 1. The van der Waals surface area contributed by atoms with Crippen LogP contribution in [0.25, 0.3) is 0 Å². The maximum Gasteiger partial charge on any atom is 0.263 e. The number of amides is 1. The van der Waals surface area contributed by atoms with E-state index in [4.69, 9.17) is 25.8 Å². The molecule has 2 N–H and O–H groups in total. The van der Waals surface area contributed by atoms with Crippen LogP contribution in [0.2, 0.25) is 5.02 Å². The summed E-state index contributed by atoms with van der Waals surface area (Å²) in [5, 5.41) is 3.39. The number of nitrogens with one attached hydrogen (secondary N) is 2. The van der Waals surface area contributed by atoms with Crippen LogP contribution >= 0.6 is 11.6 Å². The monoisotopic (exact) mass is 761 g/mol. The van der Waals surface area contributed by atoms with Crippen LogP contribution in [-0.4, -0.2) is 73.8 Å². The molecule has 4 aliphatic heterocycles. The summed E-state index contributed by atoms with van der Waals surface area (Å²) >= 11 is 6.45. The van der Waals surface area contributed by atoms with Gasteiger partial charge >= 0.3 is 0 Å². The van der Waals surface area contributed by atoms with Crippen LogP contribution in [-0.2, 0) is 26.9 Å². The van der Waals surface area contributed by atoms with Crippen LogP contribution in [0.1, 0.15) is 107 Å². The minimum atomic E-state index is -1.49. The van der Waals surface area contributed by atoms with Crippen LogP contribution in [0.5, 0.6) is 5.75 Å². The van der Waals surface area contributed by atoms with Crippen molar-refractivity contribution in [3.8, 4) is 5.75 Å². The SMILES string of the molecule is CC.CCCc1cc(Cl)ccc1C1COc2ccc3cc2N(C1)CC1CCC1C(C1OCCCO1)CCCC(C)C(C)S(=O)NC3=O.FC1CNC1. The van der Waals surface area contributed by atoms with Crippen molar-refractivity contribution in [2.75, 3.05) is 50.9 Å². The van der Waals surface area contributed by atoms with E-state index in [9.17, 15) is 13.4 Å². The van der Waals surface area contributed by atoms with Crippen LogP contribution in [0, 0.1) is 23.7 Å². The van der Waals surface area contributed by atoms with Gasteiger partial charge < -0.3 is 24.4 Å². The Bertz CT molecular complexity index is 1470.